The van der Waals surface area contributed by atoms with Gasteiger partial charge in [0.05, 0.1) is 11.3 Å². The van der Waals surface area contributed by atoms with Crippen molar-refractivity contribution in [1.82, 2.24) is 15.2 Å². The number of carbonyl (C=O) groups excluding carboxylic acids is 5. The molecule has 12 nitrogen and oxygen atoms in total. The van der Waals surface area contributed by atoms with E-state index in [0.717, 1.165) is 22.5 Å². The fourth-order valence-electron chi connectivity index (χ4n) is 5.30. The van der Waals surface area contributed by atoms with Gasteiger partial charge in [0.25, 0.3) is 11.8 Å². The van der Waals surface area contributed by atoms with Gasteiger partial charge >= 0.3 is 18.0 Å². The van der Waals surface area contributed by atoms with Gasteiger partial charge in [0.1, 0.15) is 29.3 Å². The number of amides is 3. The molecule has 0 radical (unpaired) electrons. The minimum atomic E-state index is -0.956. The second kappa shape index (κ2) is 15.7. The molecule has 2 aliphatic heterocycles. The summed E-state index contributed by atoms with van der Waals surface area (Å²) in [6, 6.07) is 17.5. The maximum absolute atomic E-state index is 14.0. The standard InChI is InChI=1S/C36H38N4O8S2/c1-6-13-25(26-20-50-34(37-26)39-35(45)48-36(3,4)5)30(42)38-27-31(43)40-28(24(18-46-21(2)41)19-49-32(27)40)33(44)47-29(22-14-9-7-10-15-22)23-16-11-8-12-17-23/h7-17,20,27,29,32H,6,18-19H2,1-5H3,(H,38,42)(H,37,39,45)/b25-13-/t27-,32-/m1/s1. The Morgan fingerprint density at radius 3 is 2.26 bits per heavy atom. The molecule has 0 saturated carbocycles. The molecule has 3 amide bonds. The average molecular weight is 719 g/mol. The molecule has 0 unspecified atom stereocenters. The van der Waals surface area contributed by atoms with Gasteiger partial charge in [0.2, 0.25) is 0 Å². The van der Waals surface area contributed by atoms with Crippen molar-refractivity contribution in [2.45, 2.75) is 64.2 Å². The Balaban J connectivity index is 1.35. The van der Waals surface area contributed by atoms with Gasteiger partial charge in [-0.05, 0) is 38.3 Å². The number of aromatic nitrogens is 1. The number of thiazole rings is 1. The molecule has 50 heavy (non-hydrogen) atoms. The second-order valence-electron chi connectivity index (χ2n) is 12.4. The summed E-state index contributed by atoms with van der Waals surface area (Å²) in [5.74, 6) is -2.09. The predicted octanol–water partition coefficient (Wildman–Crippen LogP) is 5.83. The summed E-state index contributed by atoms with van der Waals surface area (Å²) < 4.78 is 16.7. The average Bonchev–Trinajstić information content (AvgIpc) is 3.54. The topological polar surface area (TPSA) is 153 Å². The summed E-state index contributed by atoms with van der Waals surface area (Å²) in [5, 5.41) is 6.65. The monoisotopic (exact) mass is 718 g/mol. The van der Waals surface area contributed by atoms with Crippen LogP contribution >= 0.6 is 23.1 Å². The van der Waals surface area contributed by atoms with E-state index in [9.17, 15) is 24.0 Å². The molecule has 3 aromatic rings. The number of anilines is 1. The summed E-state index contributed by atoms with van der Waals surface area (Å²) in [6.45, 7) is 8.16. The van der Waals surface area contributed by atoms with Crippen molar-refractivity contribution >= 4 is 63.6 Å². The number of nitrogens with zero attached hydrogens (tertiary/aromatic N) is 2. The Hall–Kier alpha value is -4.95. The Labute approximate surface area is 298 Å². The van der Waals surface area contributed by atoms with E-state index in [-0.39, 0.29) is 28.8 Å². The van der Waals surface area contributed by atoms with Crippen molar-refractivity contribution in [3.63, 3.8) is 0 Å². The third-order valence-corrected chi connectivity index (χ3v) is 9.54. The van der Waals surface area contributed by atoms with Gasteiger partial charge in [-0.25, -0.2) is 14.6 Å². The third kappa shape index (κ3) is 8.61. The number of rotatable bonds is 11. The third-order valence-electron chi connectivity index (χ3n) is 7.45. The lowest BCUT2D eigenvalue weighted by molar-refractivity contribution is -0.154. The fraction of sp³-hybridized carbons (Fsp3) is 0.333. The zero-order valence-electron chi connectivity index (χ0n) is 28.3. The number of nitrogens with one attached hydrogen (secondary N) is 2. The van der Waals surface area contributed by atoms with Crippen LogP contribution in [0.25, 0.3) is 5.57 Å². The summed E-state index contributed by atoms with van der Waals surface area (Å²) in [5.41, 5.74) is 1.73. The van der Waals surface area contributed by atoms with Gasteiger partial charge in [-0.2, -0.15) is 0 Å². The molecule has 0 spiro atoms. The number of allylic oxidation sites excluding steroid dienone is 1. The molecule has 2 atom stereocenters. The summed E-state index contributed by atoms with van der Waals surface area (Å²) in [6.07, 6.45) is 0.735. The van der Waals surface area contributed by atoms with E-state index in [0.29, 0.717) is 17.7 Å². The van der Waals surface area contributed by atoms with Crippen LogP contribution < -0.4 is 10.6 Å². The first-order valence-electron chi connectivity index (χ1n) is 15.9. The van der Waals surface area contributed by atoms with Crippen LogP contribution in [-0.2, 0) is 33.4 Å². The molecule has 14 heteroatoms. The van der Waals surface area contributed by atoms with Crippen molar-refractivity contribution in [3.05, 3.63) is 100 Å². The lowest BCUT2D eigenvalue weighted by Crippen LogP contribution is -2.70. The number of fused-ring (bicyclic) bond motifs is 1. The molecular weight excluding hydrogens is 681 g/mol. The van der Waals surface area contributed by atoms with Crippen LogP contribution in [0.4, 0.5) is 9.93 Å². The van der Waals surface area contributed by atoms with E-state index in [4.69, 9.17) is 14.2 Å². The first kappa shape index (κ1) is 36.3. The smallest absolute Gasteiger partial charge is 0.413 e. The van der Waals surface area contributed by atoms with Crippen molar-refractivity contribution in [3.8, 4) is 0 Å². The summed E-state index contributed by atoms with van der Waals surface area (Å²) in [4.78, 5) is 71.1. The first-order valence-corrected chi connectivity index (χ1v) is 17.9. The van der Waals surface area contributed by atoms with Crippen molar-refractivity contribution in [1.29, 1.82) is 0 Å². The number of ether oxygens (including phenoxy) is 3. The van der Waals surface area contributed by atoms with Crippen LogP contribution in [-0.4, -0.2) is 69.1 Å². The van der Waals surface area contributed by atoms with E-state index in [1.54, 1.807) is 32.2 Å². The zero-order chi connectivity index (χ0) is 36.0. The minimum Gasteiger partial charge on any atom is -0.461 e. The van der Waals surface area contributed by atoms with E-state index in [1.165, 1.54) is 23.6 Å². The number of hydrogen-bond acceptors (Lipinski definition) is 11. The molecule has 2 N–H and O–H groups in total. The number of benzene rings is 2. The quantitative estimate of drug-likeness (QED) is 0.107. The van der Waals surface area contributed by atoms with Gasteiger partial charge in [-0.15, -0.1) is 23.1 Å². The SMILES string of the molecule is CC/C=C(\C(=O)N[C@@H]1C(=O)N2C(C(=O)OC(c3ccccc3)c3ccccc3)=C(COC(C)=O)CS[C@H]12)c1csc(NC(=O)OC(C)(C)C)n1. The number of β-lactam (4-membered cyclic amide) rings is 1. The Morgan fingerprint density at radius 1 is 1.04 bits per heavy atom. The number of esters is 2. The molecule has 262 valence electrons. The van der Waals surface area contributed by atoms with E-state index >= 15 is 0 Å². The molecule has 2 aliphatic rings. The van der Waals surface area contributed by atoms with Crippen LogP contribution in [0.1, 0.15) is 64.0 Å². The van der Waals surface area contributed by atoms with Crippen LogP contribution in [0.2, 0.25) is 0 Å². The predicted molar refractivity (Wildman–Crippen MR) is 190 cm³/mol. The molecule has 2 aromatic carbocycles. The van der Waals surface area contributed by atoms with Gasteiger partial charge in [-0.1, -0.05) is 73.7 Å². The van der Waals surface area contributed by atoms with E-state index in [2.05, 4.69) is 15.6 Å². The van der Waals surface area contributed by atoms with Gasteiger partial charge < -0.3 is 19.5 Å². The van der Waals surface area contributed by atoms with Crippen LogP contribution in [0.5, 0.6) is 0 Å². The molecule has 1 saturated heterocycles. The summed E-state index contributed by atoms with van der Waals surface area (Å²) >= 11 is 2.46. The lowest BCUT2D eigenvalue weighted by Gasteiger charge is -2.49. The maximum Gasteiger partial charge on any atom is 0.413 e. The van der Waals surface area contributed by atoms with Gasteiger partial charge in [0, 0.05) is 23.6 Å². The van der Waals surface area contributed by atoms with E-state index < -0.39 is 53.0 Å². The van der Waals surface area contributed by atoms with Crippen molar-refractivity contribution < 1.29 is 38.2 Å². The Kier molecular flexibility index (Phi) is 11.4. The highest BCUT2D eigenvalue weighted by molar-refractivity contribution is 8.00. The Morgan fingerprint density at radius 2 is 1.68 bits per heavy atom. The molecule has 1 aromatic heterocycles. The number of thioether (sulfide) groups is 1. The molecule has 0 bridgehead atoms. The number of hydrogen-bond donors (Lipinski definition) is 2. The van der Waals surface area contributed by atoms with Crippen molar-refractivity contribution in [2.75, 3.05) is 17.7 Å². The zero-order valence-corrected chi connectivity index (χ0v) is 29.9. The minimum absolute atomic E-state index is 0.0101. The highest BCUT2D eigenvalue weighted by Crippen LogP contribution is 2.42. The van der Waals surface area contributed by atoms with Crippen LogP contribution in [0.3, 0.4) is 0 Å². The second-order valence-corrected chi connectivity index (χ2v) is 14.4. The van der Waals surface area contributed by atoms with E-state index in [1.807, 2.05) is 67.6 Å². The maximum atomic E-state index is 14.0. The molecule has 3 heterocycles. The first-order chi connectivity index (χ1) is 23.9. The highest BCUT2D eigenvalue weighted by atomic mass is 32.2. The van der Waals surface area contributed by atoms with Crippen LogP contribution in [0, 0.1) is 0 Å². The normalized spacial score (nSPS) is 17.4. The molecule has 1 fully saturated rings. The molecule has 5 rings (SSSR count). The Bertz CT molecular complexity index is 1780. The highest BCUT2D eigenvalue weighted by Gasteiger charge is 2.55. The van der Waals surface area contributed by atoms with Crippen molar-refractivity contribution in [2.24, 2.45) is 0 Å². The number of carbonyl (C=O) groups is 5. The van der Waals surface area contributed by atoms with Gasteiger partial charge in [-0.3, -0.25) is 24.6 Å². The fourth-order valence-corrected chi connectivity index (χ4v) is 7.32. The lowest BCUT2D eigenvalue weighted by atomic mass is 10.0. The molecular formula is C36H38N4O8S2. The van der Waals surface area contributed by atoms with Crippen LogP contribution in [0.15, 0.2) is 83.4 Å². The van der Waals surface area contributed by atoms with Gasteiger partial charge in [0.15, 0.2) is 11.2 Å². The largest absolute Gasteiger partial charge is 0.461 e. The summed E-state index contributed by atoms with van der Waals surface area (Å²) in [7, 11) is 0. The molecule has 0 aliphatic carbocycles.